The lowest BCUT2D eigenvalue weighted by atomic mass is 9.86. The molecule has 3 atom stereocenters. The second-order valence-corrected chi connectivity index (χ2v) is 11.4. The van der Waals surface area contributed by atoms with Gasteiger partial charge < -0.3 is 5.11 Å². The van der Waals surface area contributed by atoms with Gasteiger partial charge >= 0.3 is 0 Å². The highest BCUT2D eigenvalue weighted by Gasteiger charge is 2.61. The van der Waals surface area contributed by atoms with Crippen LogP contribution in [0.4, 0.5) is 0 Å². The number of Topliss-reactive ketones (excluding diaryl/α,β-unsaturated/α-hetero) is 2. The van der Waals surface area contributed by atoms with Crippen LogP contribution in [-0.2, 0) is 9.59 Å². The minimum Gasteiger partial charge on any atom is -0.371 e. The third-order valence-electron chi connectivity index (χ3n) is 9.48. The van der Waals surface area contributed by atoms with Gasteiger partial charge in [-0.1, -0.05) is 26.5 Å². The van der Waals surface area contributed by atoms with Crippen molar-refractivity contribution in [2.45, 2.75) is 59.5 Å². The van der Waals surface area contributed by atoms with Gasteiger partial charge in [-0.2, -0.15) is 0 Å². The van der Waals surface area contributed by atoms with Crippen LogP contribution in [0.5, 0.6) is 0 Å². The van der Waals surface area contributed by atoms with Gasteiger partial charge in [0.1, 0.15) is 0 Å². The van der Waals surface area contributed by atoms with Gasteiger partial charge in [0.15, 0.2) is 5.78 Å². The molecule has 1 N–H and O–H groups in total. The van der Waals surface area contributed by atoms with Gasteiger partial charge in [-0.05, 0) is 74.1 Å². The molecule has 8 bridgehead atoms. The first-order valence-electron chi connectivity index (χ1n) is 13.9. The number of hydrogen-bond acceptors (Lipinski definition) is 7. The zero-order chi connectivity index (χ0) is 28.2. The van der Waals surface area contributed by atoms with E-state index in [1.54, 1.807) is 0 Å². The number of rotatable bonds is 2. The number of nitrogens with zero attached hydrogens (tertiary/aromatic N) is 4. The van der Waals surface area contributed by atoms with Crippen LogP contribution in [0, 0.1) is 11.8 Å². The number of fused-ring (bicyclic) bond motifs is 3. The summed E-state index contributed by atoms with van der Waals surface area (Å²) in [4.78, 5) is 47.1. The van der Waals surface area contributed by atoms with Crippen LogP contribution >= 0.6 is 0 Å². The molecule has 5 heterocycles. The van der Waals surface area contributed by atoms with E-state index in [1.165, 1.54) is 0 Å². The zero-order valence-electron chi connectivity index (χ0n) is 23.3. The molecule has 200 valence electrons. The third-order valence-corrected chi connectivity index (χ3v) is 9.48. The molecule has 0 saturated heterocycles. The van der Waals surface area contributed by atoms with Gasteiger partial charge in [0, 0.05) is 35.1 Å². The number of aliphatic hydroxyl groups is 1. The minimum absolute atomic E-state index is 0.0291. The molecule has 0 aromatic rings. The number of hydrogen-bond donors (Lipinski definition) is 1. The Balaban J connectivity index is 1.58. The SMILES string of the molecule is C=CC1=C(C)C2=CC3=NC4=C5C6=NC(=CC7=NC(=CC1=N2)C(C)=C7CC)C(C)=C6C(=O)[C@@]5(O)C(=O)CC[C@H]4[C@@H]3C. The summed E-state index contributed by atoms with van der Waals surface area (Å²) in [7, 11) is 0. The highest BCUT2D eigenvalue weighted by molar-refractivity contribution is 6.47. The van der Waals surface area contributed by atoms with Gasteiger partial charge in [-0.25, -0.2) is 15.0 Å². The maximum absolute atomic E-state index is 13.9. The van der Waals surface area contributed by atoms with E-state index >= 15 is 0 Å². The molecule has 0 unspecified atom stereocenters. The lowest BCUT2D eigenvalue weighted by Gasteiger charge is -2.20. The number of carbonyl (C=O) groups excluding carboxylic acids is 2. The van der Waals surface area contributed by atoms with Crippen molar-refractivity contribution in [2.24, 2.45) is 31.8 Å². The highest BCUT2D eigenvalue weighted by Crippen LogP contribution is 2.51. The second kappa shape index (κ2) is 8.21. The molecule has 7 rings (SSSR count). The summed E-state index contributed by atoms with van der Waals surface area (Å²) in [5, 5.41) is 11.8. The van der Waals surface area contributed by atoms with Gasteiger partial charge in [-0.3, -0.25) is 14.6 Å². The molecule has 0 spiro atoms. The molecule has 0 radical (unpaired) electrons. The lowest BCUT2D eigenvalue weighted by molar-refractivity contribution is -0.142. The fourth-order valence-corrected chi connectivity index (χ4v) is 7.07. The normalized spacial score (nSPS) is 30.6. The van der Waals surface area contributed by atoms with Crippen molar-refractivity contribution in [3.05, 3.63) is 92.7 Å². The number of carbonyl (C=O) groups is 2. The molecule has 7 heteroatoms. The molecule has 40 heavy (non-hydrogen) atoms. The molecule has 0 aromatic carbocycles. The van der Waals surface area contributed by atoms with Crippen molar-refractivity contribution < 1.29 is 14.7 Å². The first-order valence-corrected chi connectivity index (χ1v) is 13.9. The van der Waals surface area contributed by atoms with Crippen molar-refractivity contribution in [3.63, 3.8) is 0 Å². The quantitative estimate of drug-likeness (QED) is 0.496. The molecule has 5 aliphatic heterocycles. The summed E-state index contributed by atoms with van der Waals surface area (Å²) >= 11 is 0. The van der Waals surface area contributed by atoms with E-state index in [0.717, 1.165) is 57.2 Å². The van der Waals surface area contributed by atoms with Crippen molar-refractivity contribution in [3.8, 4) is 0 Å². The van der Waals surface area contributed by atoms with Crippen molar-refractivity contribution in [1.29, 1.82) is 0 Å². The van der Waals surface area contributed by atoms with E-state index in [-0.39, 0.29) is 23.8 Å². The Bertz CT molecular complexity index is 1780. The van der Waals surface area contributed by atoms with Crippen molar-refractivity contribution >= 4 is 34.4 Å². The van der Waals surface area contributed by atoms with Gasteiger partial charge in [0.2, 0.25) is 11.4 Å². The Hall–Kier alpha value is -4.10. The van der Waals surface area contributed by atoms with Crippen LogP contribution in [-0.4, -0.2) is 45.1 Å². The minimum atomic E-state index is -2.25. The Labute approximate surface area is 233 Å². The van der Waals surface area contributed by atoms with Gasteiger partial charge in [-0.15, -0.1) is 0 Å². The summed E-state index contributed by atoms with van der Waals surface area (Å²) in [5.74, 6) is -1.22. The van der Waals surface area contributed by atoms with Crippen LogP contribution in [0.3, 0.4) is 0 Å². The van der Waals surface area contributed by atoms with Crippen molar-refractivity contribution in [1.82, 2.24) is 0 Å². The molecule has 1 saturated carbocycles. The average Bonchev–Trinajstić information content (AvgIpc) is 3.62. The average molecular weight is 531 g/mol. The largest absolute Gasteiger partial charge is 0.371 e. The Morgan fingerprint density at radius 3 is 2.38 bits per heavy atom. The van der Waals surface area contributed by atoms with E-state index < -0.39 is 17.2 Å². The molecule has 1 fully saturated rings. The molecule has 7 aliphatic rings. The Morgan fingerprint density at radius 1 is 0.975 bits per heavy atom. The van der Waals surface area contributed by atoms with E-state index in [2.05, 4.69) is 27.4 Å². The molecule has 7 nitrogen and oxygen atoms in total. The Kier molecular flexibility index (Phi) is 5.11. The first-order chi connectivity index (χ1) is 19.1. The molecule has 0 amide bonds. The summed E-state index contributed by atoms with van der Waals surface area (Å²) in [6.07, 6.45) is 9.14. The van der Waals surface area contributed by atoms with Gasteiger partial charge in [0.25, 0.3) is 0 Å². The predicted molar refractivity (Wildman–Crippen MR) is 156 cm³/mol. The van der Waals surface area contributed by atoms with Crippen LogP contribution in [0.15, 0.2) is 113 Å². The molecule has 2 aliphatic carbocycles. The predicted octanol–water partition coefficient (Wildman–Crippen LogP) is 5.20. The van der Waals surface area contributed by atoms with E-state index in [4.69, 9.17) is 20.0 Å². The van der Waals surface area contributed by atoms with Gasteiger partial charge in [0.05, 0.1) is 45.5 Å². The molecular weight excluding hydrogens is 500 g/mol. The standard InChI is InChI=1S/C33H30N4O3/c1-7-18-14(3)21-11-23-16(5)20-9-10-27(38)33(40)29(30(20)36-23)31-28(32(33)39)17(6)24(37-31)13-26-19(8-2)15(4)22(35-26)12-25(18)34-21/h7,11-13,16,20,40H,1,8-10H2,2-6H3/t16-,20-,33+/m0/s1. The summed E-state index contributed by atoms with van der Waals surface area (Å²) < 4.78 is 0. The molecular formula is C33H30N4O3. The first kappa shape index (κ1) is 24.9. The maximum atomic E-state index is 13.9. The fraction of sp³-hybridized carbons (Fsp3) is 0.333. The molecule has 0 aromatic heterocycles. The third kappa shape index (κ3) is 2.98. The topological polar surface area (TPSA) is 104 Å². The van der Waals surface area contributed by atoms with E-state index in [1.807, 2.05) is 38.2 Å². The lowest BCUT2D eigenvalue weighted by Crippen LogP contribution is -2.44. The van der Waals surface area contributed by atoms with E-state index in [9.17, 15) is 14.7 Å². The summed E-state index contributed by atoms with van der Waals surface area (Å²) in [6, 6.07) is 0. The van der Waals surface area contributed by atoms with Crippen LogP contribution in [0.25, 0.3) is 0 Å². The monoisotopic (exact) mass is 530 g/mol. The van der Waals surface area contributed by atoms with Crippen LogP contribution in [0.2, 0.25) is 0 Å². The van der Waals surface area contributed by atoms with E-state index in [0.29, 0.717) is 34.7 Å². The summed E-state index contributed by atoms with van der Waals surface area (Å²) in [5.41, 5.74) is 8.72. The van der Waals surface area contributed by atoms with Crippen LogP contribution in [0.1, 0.15) is 53.9 Å². The Morgan fingerprint density at radius 2 is 1.65 bits per heavy atom. The van der Waals surface area contributed by atoms with Crippen LogP contribution < -0.4 is 0 Å². The maximum Gasteiger partial charge on any atom is 0.215 e. The summed E-state index contributed by atoms with van der Waals surface area (Å²) in [6.45, 7) is 14.1. The number of allylic oxidation sites excluding steroid dienone is 10. The highest BCUT2D eigenvalue weighted by atomic mass is 16.3. The van der Waals surface area contributed by atoms with Crippen molar-refractivity contribution in [2.75, 3.05) is 0 Å². The number of ketones is 2. The second-order valence-electron chi connectivity index (χ2n) is 11.4. The fourth-order valence-electron chi connectivity index (χ4n) is 7.07. The number of aliphatic imine (C=N–C) groups is 4. The smallest absolute Gasteiger partial charge is 0.215 e. The zero-order valence-corrected chi connectivity index (χ0v) is 23.3.